The Kier molecular flexibility index (Phi) is 4.99. The van der Waals surface area contributed by atoms with Crippen molar-refractivity contribution in [3.8, 4) is 5.75 Å². The summed E-state index contributed by atoms with van der Waals surface area (Å²) in [5.74, 6) is -0.201. The van der Waals surface area contributed by atoms with Gasteiger partial charge < -0.3 is 10.4 Å². The van der Waals surface area contributed by atoms with Crippen molar-refractivity contribution in [2.45, 2.75) is 6.92 Å². The zero-order valence-corrected chi connectivity index (χ0v) is 15.7. The fourth-order valence-corrected chi connectivity index (χ4v) is 3.60. The molecule has 1 aliphatic heterocycles. The van der Waals surface area contributed by atoms with Gasteiger partial charge in [0.1, 0.15) is 5.75 Å². The van der Waals surface area contributed by atoms with Gasteiger partial charge in [0.2, 0.25) is 0 Å². The third-order valence-corrected chi connectivity index (χ3v) is 5.01. The van der Waals surface area contributed by atoms with Crippen molar-refractivity contribution in [2.75, 3.05) is 0 Å². The van der Waals surface area contributed by atoms with Crippen LogP contribution in [0.1, 0.15) is 11.1 Å². The summed E-state index contributed by atoms with van der Waals surface area (Å²) in [6.45, 7) is 1.96. The summed E-state index contributed by atoms with van der Waals surface area (Å²) in [7, 11) is 0. The molecule has 0 saturated carbocycles. The summed E-state index contributed by atoms with van der Waals surface area (Å²) < 4.78 is 0.983. The molecule has 0 atom stereocenters. The van der Waals surface area contributed by atoms with Crippen molar-refractivity contribution >= 4 is 62.1 Å². The Labute approximate surface area is 156 Å². The molecule has 0 aromatic heterocycles. The lowest BCUT2D eigenvalue weighted by Crippen LogP contribution is -2.19. The van der Waals surface area contributed by atoms with Crippen molar-refractivity contribution in [2.24, 2.45) is 4.99 Å². The number of nitrogens with one attached hydrogen (secondary N) is 1. The molecule has 0 aliphatic carbocycles. The second-order valence-electron chi connectivity index (χ2n) is 5.12. The number of phenols is 1. The Morgan fingerprint density at radius 3 is 2.79 bits per heavy atom. The molecule has 3 rings (SSSR count). The Morgan fingerprint density at radius 2 is 2.08 bits per heavy atom. The van der Waals surface area contributed by atoms with E-state index in [0.717, 1.165) is 21.3 Å². The maximum atomic E-state index is 12.1. The first-order valence-electron chi connectivity index (χ1n) is 6.96. The Morgan fingerprint density at radius 1 is 1.29 bits per heavy atom. The molecule has 1 amide bonds. The van der Waals surface area contributed by atoms with E-state index in [4.69, 9.17) is 11.6 Å². The van der Waals surface area contributed by atoms with Crippen molar-refractivity contribution in [3.63, 3.8) is 0 Å². The van der Waals surface area contributed by atoms with Crippen molar-refractivity contribution in [1.82, 2.24) is 5.32 Å². The number of thioether (sulfide) groups is 1. The highest BCUT2D eigenvalue weighted by atomic mass is 79.9. The number of aromatic hydroxyl groups is 1. The number of benzene rings is 2. The smallest absolute Gasteiger partial charge is 0.264 e. The maximum absolute atomic E-state index is 12.1. The number of nitrogens with zero attached hydrogens (tertiary/aromatic N) is 1. The molecule has 0 bridgehead atoms. The van der Waals surface area contributed by atoms with Crippen LogP contribution in [0.2, 0.25) is 5.02 Å². The molecule has 122 valence electrons. The molecule has 1 aliphatic rings. The molecular formula is C17H12BrClN2O2S. The summed E-state index contributed by atoms with van der Waals surface area (Å²) in [6, 6.07) is 10.5. The van der Waals surface area contributed by atoms with E-state index in [2.05, 4.69) is 26.2 Å². The van der Waals surface area contributed by atoms with E-state index in [1.807, 2.05) is 25.1 Å². The van der Waals surface area contributed by atoms with Crippen LogP contribution < -0.4 is 5.32 Å². The van der Waals surface area contributed by atoms with Crippen LogP contribution in [0.25, 0.3) is 6.08 Å². The van der Waals surface area contributed by atoms with Crippen LogP contribution in [0.3, 0.4) is 0 Å². The monoisotopic (exact) mass is 422 g/mol. The van der Waals surface area contributed by atoms with Gasteiger partial charge in [-0.2, -0.15) is 0 Å². The molecule has 2 aromatic rings. The quantitative estimate of drug-likeness (QED) is 0.668. The highest BCUT2D eigenvalue weighted by molar-refractivity contribution is 9.10. The summed E-state index contributed by atoms with van der Waals surface area (Å²) in [4.78, 5) is 17.1. The van der Waals surface area contributed by atoms with Crippen LogP contribution in [-0.2, 0) is 4.79 Å². The predicted molar refractivity (Wildman–Crippen MR) is 103 cm³/mol. The lowest BCUT2D eigenvalue weighted by molar-refractivity contribution is -0.115. The van der Waals surface area contributed by atoms with Gasteiger partial charge in [-0.05, 0) is 66.2 Å². The molecule has 1 fully saturated rings. The largest absolute Gasteiger partial charge is 0.506 e. The number of phenolic OH excluding ortho intramolecular Hbond substituents is 1. The first-order valence-corrected chi connectivity index (χ1v) is 8.95. The number of aliphatic imine (C=N–C) groups is 1. The van der Waals surface area contributed by atoms with Crippen LogP contribution in [0.5, 0.6) is 5.75 Å². The SMILES string of the molecule is Cc1cc(Br)ccc1N=C1NC(=O)/C(=C/c2ccc(O)c(Cl)c2)S1. The Hall–Kier alpha value is -1.76. The molecule has 0 unspecified atom stereocenters. The molecule has 1 heterocycles. The van der Waals surface area contributed by atoms with Gasteiger partial charge in [-0.1, -0.05) is 33.6 Å². The van der Waals surface area contributed by atoms with Crippen LogP contribution in [-0.4, -0.2) is 16.2 Å². The second kappa shape index (κ2) is 7.01. The van der Waals surface area contributed by atoms with E-state index in [0.29, 0.717) is 10.1 Å². The van der Waals surface area contributed by atoms with Crippen molar-refractivity contribution in [3.05, 3.63) is 61.9 Å². The number of hydrogen-bond acceptors (Lipinski definition) is 4. The van der Waals surface area contributed by atoms with Crippen LogP contribution >= 0.6 is 39.3 Å². The zero-order valence-electron chi connectivity index (χ0n) is 12.5. The van der Waals surface area contributed by atoms with Crippen LogP contribution in [0, 0.1) is 6.92 Å². The normalized spacial score (nSPS) is 17.5. The molecule has 1 saturated heterocycles. The number of rotatable bonds is 2. The fraction of sp³-hybridized carbons (Fsp3) is 0.0588. The predicted octanol–water partition coefficient (Wildman–Crippen LogP) is 5.01. The third kappa shape index (κ3) is 3.83. The van der Waals surface area contributed by atoms with Crippen molar-refractivity contribution < 1.29 is 9.90 Å². The second-order valence-corrected chi connectivity index (χ2v) is 7.48. The minimum absolute atomic E-state index is 0.00954. The lowest BCUT2D eigenvalue weighted by Gasteiger charge is -2.01. The van der Waals surface area contributed by atoms with Gasteiger partial charge in [0.25, 0.3) is 5.91 Å². The number of halogens is 2. The summed E-state index contributed by atoms with van der Waals surface area (Å²) in [6.07, 6.45) is 1.71. The minimum Gasteiger partial charge on any atom is -0.506 e. The van der Waals surface area contributed by atoms with Gasteiger partial charge in [-0.3, -0.25) is 4.79 Å². The van der Waals surface area contributed by atoms with E-state index >= 15 is 0 Å². The molecular weight excluding hydrogens is 412 g/mol. The van der Waals surface area contributed by atoms with Crippen LogP contribution in [0.15, 0.2) is 50.8 Å². The molecule has 4 nitrogen and oxygen atoms in total. The number of aryl methyl sites for hydroxylation is 1. The van der Waals surface area contributed by atoms with E-state index in [9.17, 15) is 9.90 Å². The van der Waals surface area contributed by atoms with E-state index in [-0.39, 0.29) is 16.7 Å². The third-order valence-electron chi connectivity index (χ3n) is 3.30. The van der Waals surface area contributed by atoms with Gasteiger partial charge >= 0.3 is 0 Å². The molecule has 7 heteroatoms. The standard InChI is InChI=1S/C17H12BrClN2O2S/c1-9-6-11(18)3-4-13(9)20-17-21-16(23)15(24-17)8-10-2-5-14(22)12(19)7-10/h2-8,22H,1H3,(H,20,21,23)/b15-8-. The summed E-state index contributed by atoms with van der Waals surface area (Å²) in [5.41, 5.74) is 2.54. The highest BCUT2D eigenvalue weighted by Gasteiger charge is 2.24. The average molecular weight is 424 g/mol. The maximum Gasteiger partial charge on any atom is 0.264 e. The summed E-state index contributed by atoms with van der Waals surface area (Å²) in [5, 5.41) is 13.0. The number of amides is 1. The number of carbonyl (C=O) groups excluding carboxylic acids is 1. The first-order chi connectivity index (χ1) is 11.4. The number of hydrogen-bond donors (Lipinski definition) is 2. The van der Waals surface area contributed by atoms with Gasteiger partial charge in [0, 0.05) is 4.47 Å². The van der Waals surface area contributed by atoms with Gasteiger partial charge in [-0.25, -0.2) is 4.99 Å². The zero-order chi connectivity index (χ0) is 17.3. The summed E-state index contributed by atoms with van der Waals surface area (Å²) >= 11 is 10.6. The first kappa shape index (κ1) is 17.1. The van der Waals surface area contributed by atoms with E-state index in [1.165, 1.54) is 17.8 Å². The van der Waals surface area contributed by atoms with Crippen LogP contribution in [0.4, 0.5) is 5.69 Å². The van der Waals surface area contributed by atoms with E-state index in [1.54, 1.807) is 18.2 Å². The van der Waals surface area contributed by atoms with E-state index < -0.39 is 0 Å². The molecule has 2 N–H and O–H groups in total. The highest BCUT2D eigenvalue weighted by Crippen LogP contribution is 2.31. The minimum atomic E-state index is -0.210. The van der Waals surface area contributed by atoms with Gasteiger partial charge in [0.15, 0.2) is 5.17 Å². The molecule has 0 radical (unpaired) electrons. The molecule has 24 heavy (non-hydrogen) atoms. The number of carbonyl (C=O) groups is 1. The topological polar surface area (TPSA) is 61.7 Å². The fourth-order valence-electron chi connectivity index (χ4n) is 2.10. The van der Waals surface area contributed by atoms with Gasteiger partial charge in [0.05, 0.1) is 15.6 Å². The number of amidine groups is 1. The molecule has 0 spiro atoms. The lowest BCUT2D eigenvalue weighted by atomic mass is 10.2. The van der Waals surface area contributed by atoms with Crippen molar-refractivity contribution in [1.29, 1.82) is 0 Å². The van der Waals surface area contributed by atoms with Gasteiger partial charge in [-0.15, -0.1) is 0 Å². The Balaban J connectivity index is 1.86. The Bertz CT molecular complexity index is 896. The average Bonchev–Trinajstić information content (AvgIpc) is 2.86. The molecule has 2 aromatic carbocycles.